The van der Waals surface area contributed by atoms with Crippen LogP contribution < -0.4 is 0 Å². The molecular formula is C15H12N2S. The van der Waals surface area contributed by atoms with Crippen LogP contribution in [0.15, 0.2) is 65.7 Å². The van der Waals surface area contributed by atoms with Crippen molar-refractivity contribution in [2.24, 2.45) is 4.99 Å². The highest BCUT2D eigenvalue weighted by molar-refractivity contribution is 8.14. The van der Waals surface area contributed by atoms with Gasteiger partial charge in [-0.25, -0.2) is 4.99 Å². The van der Waals surface area contributed by atoms with E-state index in [2.05, 4.69) is 11.1 Å². The van der Waals surface area contributed by atoms with E-state index in [-0.39, 0.29) is 0 Å². The zero-order valence-corrected chi connectivity index (χ0v) is 10.6. The van der Waals surface area contributed by atoms with Crippen molar-refractivity contribution >= 4 is 22.5 Å². The second-order valence-corrected chi connectivity index (χ2v) is 4.53. The molecule has 0 unspecified atom stereocenters. The first-order chi connectivity index (χ1) is 8.90. The van der Waals surface area contributed by atoms with E-state index in [1.54, 1.807) is 0 Å². The normalized spacial score (nSPS) is 10.9. The molecule has 0 atom stereocenters. The van der Waals surface area contributed by atoms with E-state index < -0.39 is 0 Å². The van der Waals surface area contributed by atoms with Gasteiger partial charge in [0.05, 0.1) is 17.5 Å². The van der Waals surface area contributed by atoms with Crippen LogP contribution in [-0.2, 0) is 0 Å². The van der Waals surface area contributed by atoms with Gasteiger partial charge in [0.15, 0.2) is 0 Å². The summed E-state index contributed by atoms with van der Waals surface area (Å²) in [5.74, 6) is 0.403. The van der Waals surface area contributed by atoms with Crippen LogP contribution in [0.25, 0.3) is 0 Å². The van der Waals surface area contributed by atoms with E-state index in [1.807, 2.05) is 60.7 Å². The molecule has 0 aliphatic carbocycles. The van der Waals surface area contributed by atoms with Gasteiger partial charge in [-0.2, -0.15) is 5.26 Å². The van der Waals surface area contributed by atoms with Gasteiger partial charge in [0.1, 0.15) is 5.04 Å². The highest BCUT2D eigenvalue weighted by Gasteiger charge is 2.03. The largest absolute Gasteiger partial charge is 0.241 e. The molecule has 0 heterocycles. The fourth-order valence-corrected chi connectivity index (χ4v) is 2.16. The Morgan fingerprint density at radius 1 is 1.00 bits per heavy atom. The summed E-state index contributed by atoms with van der Waals surface area (Å²) >= 11 is 1.46. The zero-order valence-electron chi connectivity index (χ0n) is 9.78. The lowest BCUT2D eigenvalue weighted by Gasteiger charge is -2.04. The Kier molecular flexibility index (Phi) is 4.57. The lowest BCUT2D eigenvalue weighted by molar-refractivity contribution is 1.49. The maximum Gasteiger partial charge on any atom is 0.105 e. The third-order valence-electron chi connectivity index (χ3n) is 2.28. The standard InChI is InChI=1S/C15H12N2S/c16-11-12-18-15(13-7-3-1-4-8-13)17-14-9-5-2-6-10-14/h1-10H,12H2. The van der Waals surface area contributed by atoms with Crippen molar-refractivity contribution in [2.75, 3.05) is 5.75 Å². The number of thioether (sulfide) groups is 1. The van der Waals surface area contributed by atoms with Crippen molar-refractivity contribution in [3.8, 4) is 6.07 Å². The minimum atomic E-state index is 0.403. The number of nitriles is 1. The van der Waals surface area contributed by atoms with Crippen LogP contribution in [0, 0.1) is 11.3 Å². The topological polar surface area (TPSA) is 36.1 Å². The van der Waals surface area contributed by atoms with E-state index in [0.717, 1.165) is 16.3 Å². The second kappa shape index (κ2) is 6.63. The minimum Gasteiger partial charge on any atom is -0.241 e. The first-order valence-corrected chi connectivity index (χ1v) is 6.57. The van der Waals surface area contributed by atoms with E-state index in [1.165, 1.54) is 11.8 Å². The van der Waals surface area contributed by atoms with Gasteiger partial charge in [-0.05, 0) is 12.1 Å². The molecule has 0 fully saturated rings. The monoisotopic (exact) mass is 252 g/mol. The smallest absolute Gasteiger partial charge is 0.105 e. The first-order valence-electron chi connectivity index (χ1n) is 5.59. The van der Waals surface area contributed by atoms with Gasteiger partial charge in [0.2, 0.25) is 0 Å². The quantitative estimate of drug-likeness (QED) is 0.611. The van der Waals surface area contributed by atoms with E-state index in [4.69, 9.17) is 5.26 Å². The molecule has 2 aromatic rings. The summed E-state index contributed by atoms with van der Waals surface area (Å²) in [5, 5.41) is 9.58. The second-order valence-electron chi connectivity index (χ2n) is 3.57. The number of para-hydroxylation sites is 1. The summed E-state index contributed by atoms with van der Waals surface area (Å²) in [6.07, 6.45) is 0. The molecule has 0 spiro atoms. The SMILES string of the molecule is N#CCSC(=Nc1ccccc1)c1ccccc1. The summed E-state index contributed by atoms with van der Waals surface area (Å²) < 4.78 is 0. The molecule has 3 heteroatoms. The molecule has 0 amide bonds. The van der Waals surface area contributed by atoms with Gasteiger partial charge in [-0.1, -0.05) is 60.3 Å². The molecule has 2 rings (SSSR count). The Labute approximate surface area is 111 Å². The van der Waals surface area contributed by atoms with E-state index in [0.29, 0.717) is 5.75 Å². The molecule has 0 radical (unpaired) electrons. The van der Waals surface area contributed by atoms with Crippen molar-refractivity contribution in [1.29, 1.82) is 5.26 Å². The van der Waals surface area contributed by atoms with Crippen LogP contribution in [0.2, 0.25) is 0 Å². The summed E-state index contributed by atoms with van der Waals surface area (Å²) in [4.78, 5) is 4.59. The highest BCUT2D eigenvalue weighted by atomic mass is 32.2. The predicted octanol–water partition coefficient (Wildman–Crippen LogP) is 4.02. The van der Waals surface area contributed by atoms with Crippen LogP contribution in [-0.4, -0.2) is 10.8 Å². The Morgan fingerprint density at radius 2 is 1.61 bits per heavy atom. The van der Waals surface area contributed by atoms with Crippen molar-refractivity contribution in [2.45, 2.75) is 0 Å². The van der Waals surface area contributed by atoms with Gasteiger partial charge >= 0.3 is 0 Å². The third-order valence-corrected chi connectivity index (χ3v) is 3.15. The lowest BCUT2D eigenvalue weighted by atomic mass is 10.2. The van der Waals surface area contributed by atoms with Crippen molar-refractivity contribution in [3.63, 3.8) is 0 Å². The molecule has 0 N–H and O–H groups in total. The number of hydrogen-bond donors (Lipinski definition) is 0. The average Bonchev–Trinajstić information content (AvgIpc) is 2.45. The molecule has 0 aromatic heterocycles. The van der Waals surface area contributed by atoms with Crippen molar-refractivity contribution in [3.05, 3.63) is 66.2 Å². The van der Waals surface area contributed by atoms with E-state index in [9.17, 15) is 0 Å². The highest BCUT2D eigenvalue weighted by Crippen LogP contribution is 2.19. The first kappa shape index (κ1) is 12.4. The maximum absolute atomic E-state index is 8.70. The lowest BCUT2D eigenvalue weighted by Crippen LogP contribution is -1.95. The van der Waals surface area contributed by atoms with Gasteiger partial charge < -0.3 is 0 Å². The molecule has 0 saturated heterocycles. The van der Waals surface area contributed by atoms with Crippen LogP contribution in [0.1, 0.15) is 5.56 Å². The molecule has 2 nitrogen and oxygen atoms in total. The van der Waals surface area contributed by atoms with Gasteiger partial charge in [0, 0.05) is 5.56 Å². The summed E-state index contributed by atoms with van der Waals surface area (Å²) in [6, 6.07) is 21.8. The molecule has 0 saturated carbocycles. The summed E-state index contributed by atoms with van der Waals surface area (Å²) in [6.45, 7) is 0. The Hall–Kier alpha value is -2.05. The Morgan fingerprint density at radius 3 is 2.22 bits per heavy atom. The molecule has 88 valence electrons. The van der Waals surface area contributed by atoms with Crippen LogP contribution in [0.5, 0.6) is 0 Å². The van der Waals surface area contributed by atoms with Gasteiger partial charge in [0.25, 0.3) is 0 Å². The number of benzene rings is 2. The van der Waals surface area contributed by atoms with Gasteiger partial charge in [-0.15, -0.1) is 0 Å². The van der Waals surface area contributed by atoms with Crippen LogP contribution >= 0.6 is 11.8 Å². The molecular weight excluding hydrogens is 240 g/mol. The molecule has 2 aromatic carbocycles. The molecule has 0 aliphatic rings. The fourth-order valence-electron chi connectivity index (χ4n) is 1.48. The van der Waals surface area contributed by atoms with Gasteiger partial charge in [-0.3, -0.25) is 0 Å². The summed E-state index contributed by atoms with van der Waals surface area (Å²) in [5.41, 5.74) is 1.95. The molecule has 0 bridgehead atoms. The maximum atomic E-state index is 8.70. The Bertz CT molecular complexity index is 556. The van der Waals surface area contributed by atoms with Crippen LogP contribution in [0.4, 0.5) is 5.69 Å². The number of rotatable bonds is 3. The molecule has 18 heavy (non-hydrogen) atoms. The minimum absolute atomic E-state index is 0.403. The van der Waals surface area contributed by atoms with E-state index >= 15 is 0 Å². The average molecular weight is 252 g/mol. The van der Waals surface area contributed by atoms with Crippen LogP contribution in [0.3, 0.4) is 0 Å². The van der Waals surface area contributed by atoms with Crippen molar-refractivity contribution < 1.29 is 0 Å². The zero-order chi connectivity index (χ0) is 12.6. The number of aliphatic imine (C=N–C) groups is 1. The predicted molar refractivity (Wildman–Crippen MR) is 77.2 cm³/mol. The van der Waals surface area contributed by atoms with Crippen molar-refractivity contribution in [1.82, 2.24) is 0 Å². The molecule has 0 aliphatic heterocycles. The number of nitrogens with zero attached hydrogens (tertiary/aromatic N) is 2. The Balaban J connectivity index is 2.32. The number of hydrogen-bond acceptors (Lipinski definition) is 3. The third kappa shape index (κ3) is 3.47. The fraction of sp³-hybridized carbons (Fsp3) is 0.0667. The summed E-state index contributed by atoms with van der Waals surface area (Å²) in [7, 11) is 0.